The zero-order valence-corrected chi connectivity index (χ0v) is 21.2. The van der Waals surface area contributed by atoms with Crippen LogP contribution in [0.1, 0.15) is 50.2 Å². The summed E-state index contributed by atoms with van der Waals surface area (Å²) in [7, 11) is 1.62. The summed E-state index contributed by atoms with van der Waals surface area (Å²) in [5.41, 5.74) is 0.721. The second kappa shape index (κ2) is 15.3. The van der Waals surface area contributed by atoms with E-state index in [-0.39, 0.29) is 12.6 Å². The number of ether oxygens (including phenoxy) is 3. The van der Waals surface area contributed by atoms with Crippen molar-refractivity contribution in [2.45, 2.75) is 50.7 Å². The molecule has 0 spiro atoms. The monoisotopic (exact) mass is 502 g/mol. The molecule has 1 aliphatic heterocycles. The van der Waals surface area contributed by atoms with Crippen molar-refractivity contribution >= 4 is 5.91 Å². The predicted molar refractivity (Wildman–Crippen MR) is 137 cm³/mol. The van der Waals surface area contributed by atoms with Crippen molar-refractivity contribution < 1.29 is 28.5 Å². The Hall–Kier alpha value is -2.84. The standard InChI is InChI=1S/C28H39FN2O5/c1-34-23-12-14-25(15-13-23)36-20-6-7-27(32)30-26(21-31-17-3-4-18-31)28(33)22-8-10-24(11-9-22)35-19-5-2-16-29/h8-15,26,28,33H,2-7,16-21H2,1H3,(H,30,32)/t26-,28-/m1/s1. The van der Waals surface area contributed by atoms with Gasteiger partial charge in [0.1, 0.15) is 23.4 Å². The first-order chi connectivity index (χ1) is 17.6. The summed E-state index contributed by atoms with van der Waals surface area (Å²) in [5, 5.41) is 14.2. The van der Waals surface area contributed by atoms with E-state index in [1.807, 2.05) is 36.4 Å². The zero-order chi connectivity index (χ0) is 25.6. The zero-order valence-electron chi connectivity index (χ0n) is 21.2. The molecule has 1 aliphatic rings. The van der Waals surface area contributed by atoms with E-state index < -0.39 is 12.1 Å². The van der Waals surface area contributed by atoms with Gasteiger partial charge in [-0.25, -0.2) is 0 Å². The second-order valence-electron chi connectivity index (χ2n) is 9.07. The number of benzene rings is 2. The second-order valence-corrected chi connectivity index (χ2v) is 9.07. The largest absolute Gasteiger partial charge is 0.497 e. The molecule has 2 aromatic carbocycles. The maximum Gasteiger partial charge on any atom is 0.220 e. The Morgan fingerprint density at radius 2 is 1.53 bits per heavy atom. The minimum Gasteiger partial charge on any atom is -0.497 e. The van der Waals surface area contributed by atoms with Crippen molar-refractivity contribution in [3.63, 3.8) is 0 Å². The third-order valence-electron chi connectivity index (χ3n) is 6.28. The van der Waals surface area contributed by atoms with Crippen LogP contribution in [0, 0.1) is 0 Å². The number of carbonyl (C=O) groups is 1. The van der Waals surface area contributed by atoms with Crippen LogP contribution in [-0.4, -0.2) is 68.6 Å². The Labute approximate surface area is 213 Å². The molecule has 2 atom stereocenters. The van der Waals surface area contributed by atoms with E-state index in [0.717, 1.165) is 43.0 Å². The van der Waals surface area contributed by atoms with E-state index in [9.17, 15) is 14.3 Å². The van der Waals surface area contributed by atoms with Crippen LogP contribution in [0.15, 0.2) is 48.5 Å². The average Bonchev–Trinajstić information content (AvgIpc) is 3.42. The molecule has 7 nitrogen and oxygen atoms in total. The molecule has 1 saturated heterocycles. The molecule has 198 valence electrons. The van der Waals surface area contributed by atoms with Crippen LogP contribution in [0.4, 0.5) is 4.39 Å². The predicted octanol–water partition coefficient (Wildman–Crippen LogP) is 4.30. The van der Waals surface area contributed by atoms with Crippen LogP contribution in [0.5, 0.6) is 17.2 Å². The van der Waals surface area contributed by atoms with Gasteiger partial charge in [0.2, 0.25) is 5.91 Å². The first-order valence-electron chi connectivity index (χ1n) is 12.8. The van der Waals surface area contributed by atoms with Crippen LogP contribution in [0.25, 0.3) is 0 Å². The third kappa shape index (κ3) is 9.32. The first-order valence-corrected chi connectivity index (χ1v) is 12.8. The van der Waals surface area contributed by atoms with E-state index >= 15 is 0 Å². The van der Waals surface area contributed by atoms with Gasteiger partial charge in [-0.05, 0) is 87.2 Å². The number of rotatable bonds is 16. The fraction of sp³-hybridized carbons (Fsp3) is 0.536. The lowest BCUT2D eigenvalue weighted by Gasteiger charge is -2.29. The average molecular weight is 503 g/mol. The SMILES string of the molecule is COc1ccc(OCCCC(=O)N[C@H](CN2CCCC2)[C@H](O)c2ccc(OCCCCF)cc2)cc1. The Morgan fingerprint density at radius 3 is 2.14 bits per heavy atom. The van der Waals surface area contributed by atoms with Gasteiger partial charge in [0.15, 0.2) is 0 Å². The summed E-state index contributed by atoms with van der Waals surface area (Å²) < 4.78 is 28.7. The molecule has 0 saturated carbocycles. The molecule has 2 aromatic rings. The van der Waals surface area contributed by atoms with Gasteiger partial charge in [0.25, 0.3) is 0 Å². The molecule has 3 rings (SSSR count). The van der Waals surface area contributed by atoms with Crippen LogP contribution >= 0.6 is 0 Å². The molecular weight excluding hydrogens is 463 g/mol. The van der Waals surface area contributed by atoms with Gasteiger partial charge in [-0.2, -0.15) is 0 Å². The molecule has 8 heteroatoms. The highest BCUT2D eigenvalue weighted by Crippen LogP contribution is 2.23. The smallest absolute Gasteiger partial charge is 0.220 e. The van der Waals surface area contributed by atoms with Gasteiger partial charge in [-0.15, -0.1) is 0 Å². The van der Waals surface area contributed by atoms with Crippen molar-refractivity contribution in [1.29, 1.82) is 0 Å². The molecule has 2 N–H and O–H groups in total. The number of aliphatic hydroxyl groups excluding tert-OH is 1. The number of hydrogen-bond acceptors (Lipinski definition) is 6. The quantitative estimate of drug-likeness (QED) is 0.333. The fourth-order valence-corrected chi connectivity index (χ4v) is 4.22. The van der Waals surface area contributed by atoms with E-state index in [1.165, 1.54) is 0 Å². The first kappa shape index (κ1) is 27.7. The molecule has 0 aromatic heterocycles. The molecule has 36 heavy (non-hydrogen) atoms. The number of hydrogen-bond donors (Lipinski definition) is 2. The lowest BCUT2D eigenvalue weighted by atomic mass is 10.0. The lowest BCUT2D eigenvalue weighted by Crippen LogP contribution is -2.46. The van der Waals surface area contributed by atoms with Crippen LogP contribution in [0.2, 0.25) is 0 Å². The minimum atomic E-state index is -0.842. The number of alkyl halides is 1. The Morgan fingerprint density at radius 1 is 0.944 bits per heavy atom. The van der Waals surface area contributed by atoms with Crippen molar-refractivity contribution in [3.8, 4) is 17.2 Å². The summed E-state index contributed by atoms with van der Waals surface area (Å²) in [4.78, 5) is 15.0. The third-order valence-corrected chi connectivity index (χ3v) is 6.28. The van der Waals surface area contributed by atoms with Crippen LogP contribution in [-0.2, 0) is 4.79 Å². The molecular formula is C28H39FN2O5. The van der Waals surface area contributed by atoms with Crippen LogP contribution < -0.4 is 19.5 Å². The molecule has 0 radical (unpaired) electrons. The summed E-state index contributed by atoms with van der Waals surface area (Å²) in [6.45, 7) is 3.08. The highest BCUT2D eigenvalue weighted by atomic mass is 19.1. The lowest BCUT2D eigenvalue weighted by molar-refractivity contribution is -0.123. The van der Waals surface area contributed by atoms with Crippen molar-refractivity contribution in [2.75, 3.05) is 46.6 Å². The number of nitrogens with zero attached hydrogens (tertiary/aromatic N) is 1. The van der Waals surface area contributed by atoms with Gasteiger partial charge >= 0.3 is 0 Å². The van der Waals surface area contributed by atoms with Gasteiger partial charge in [0.05, 0.1) is 33.0 Å². The number of unbranched alkanes of at least 4 members (excludes halogenated alkanes) is 1. The van der Waals surface area contributed by atoms with Gasteiger partial charge in [-0.3, -0.25) is 9.18 Å². The Kier molecular flexibility index (Phi) is 11.8. The normalized spacial score (nSPS) is 15.3. The molecule has 1 heterocycles. The number of halogens is 1. The minimum absolute atomic E-state index is 0.107. The fourth-order valence-electron chi connectivity index (χ4n) is 4.22. The molecule has 0 aliphatic carbocycles. The maximum atomic E-state index is 12.7. The van der Waals surface area contributed by atoms with Crippen molar-refractivity contribution in [1.82, 2.24) is 10.2 Å². The number of likely N-dealkylation sites (tertiary alicyclic amines) is 1. The number of amides is 1. The summed E-state index contributed by atoms with van der Waals surface area (Å²) >= 11 is 0. The summed E-state index contributed by atoms with van der Waals surface area (Å²) in [5.74, 6) is 2.07. The van der Waals surface area contributed by atoms with Crippen molar-refractivity contribution in [3.05, 3.63) is 54.1 Å². The van der Waals surface area contributed by atoms with E-state index in [1.54, 1.807) is 19.2 Å². The highest BCUT2D eigenvalue weighted by Gasteiger charge is 2.26. The summed E-state index contributed by atoms with van der Waals surface area (Å²) in [6.07, 6.45) is 3.45. The molecule has 0 unspecified atom stereocenters. The number of carbonyl (C=O) groups excluding carboxylic acids is 1. The van der Waals surface area contributed by atoms with Gasteiger partial charge in [-0.1, -0.05) is 12.1 Å². The van der Waals surface area contributed by atoms with E-state index in [4.69, 9.17) is 14.2 Å². The molecule has 1 fully saturated rings. The topological polar surface area (TPSA) is 80.3 Å². The van der Waals surface area contributed by atoms with E-state index in [2.05, 4.69) is 10.2 Å². The molecule has 0 bridgehead atoms. The van der Waals surface area contributed by atoms with Gasteiger partial charge < -0.3 is 29.5 Å². The van der Waals surface area contributed by atoms with Gasteiger partial charge in [0, 0.05) is 13.0 Å². The summed E-state index contributed by atoms with van der Waals surface area (Å²) in [6, 6.07) is 14.2. The Balaban J connectivity index is 1.50. The Bertz CT molecular complexity index is 888. The number of nitrogens with one attached hydrogen (secondary N) is 1. The van der Waals surface area contributed by atoms with E-state index in [0.29, 0.717) is 51.2 Å². The van der Waals surface area contributed by atoms with Crippen LogP contribution in [0.3, 0.4) is 0 Å². The number of methoxy groups -OCH3 is 1. The van der Waals surface area contributed by atoms with Crippen molar-refractivity contribution in [2.24, 2.45) is 0 Å². The maximum absolute atomic E-state index is 12.7. The highest BCUT2D eigenvalue weighted by molar-refractivity contribution is 5.76. The molecule has 1 amide bonds. The number of aliphatic hydroxyl groups is 1.